The van der Waals surface area contributed by atoms with Crippen LogP contribution in [-0.4, -0.2) is 31.2 Å². The molecule has 1 aromatic heterocycles. The number of carbonyl (C=O) groups is 1. The predicted molar refractivity (Wildman–Crippen MR) is 82.7 cm³/mol. The van der Waals surface area contributed by atoms with E-state index in [1.54, 1.807) is 31.5 Å². The Hall–Kier alpha value is -2.47. The van der Waals surface area contributed by atoms with Crippen LogP contribution >= 0.6 is 0 Å². The Morgan fingerprint density at radius 1 is 1.23 bits per heavy atom. The van der Waals surface area contributed by atoms with Crippen LogP contribution in [0.5, 0.6) is 0 Å². The van der Waals surface area contributed by atoms with E-state index >= 15 is 0 Å². The van der Waals surface area contributed by atoms with Crippen molar-refractivity contribution in [3.05, 3.63) is 54.1 Å². The molecule has 0 bridgehead atoms. The predicted octanol–water partition coefficient (Wildman–Crippen LogP) is 2.73. The summed E-state index contributed by atoms with van der Waals surface area (Å²) in [6.45, 7) is 1.15. The third-order valence-corrected chi connectivity index (χ3v) is 2.94. The average molecular weight is 303 g/mol. The van der Waals surface area contributed by atoms with E-state index in [-0.39, 0.29) is 11.7 Å². The lowest BCUT2D eigenvalue weighted by atomic mass is 10.2. The van der Waals surface area contributed by atoms with Crippen molar-refractivity contribution in [3.63, 3.8) is 0 Å². The fourth-order valence-electron chi connectivity index (χ4n) is 1.85. The smallest absolute Gasteiger partial charge is 0.252 e. The summed E-state index contributed by atoms with van der Waals surface area (Å²) < 4.78 is 17.8. The van der Waals surface area contributed by atoms with Gasteiger partial charge < -0.3 is 15.4 Å². The summed E-state index contributed by atoms with van der Waals surface area (Å²) in [6, 6.07) is 7.66. The molecule has 22 heavy (non-hydrogen) atoms. The van der Waals surface area contributed by atoms with Gasteiger partial charge in [0.2, 0.25) is 0 Å². The maximum absolute atomic E-state index is 12.9. The third-order valence-electron chi connectivity index (χ3n) is 2.94. The minimum Gasteiger partial charge on any atom is -0.385 e. The number of rotatable bonds is 7. The van der Waals surface area contributed by atoms with Crippen LogP contribution in [0.4, 0.5) is 15.8 Å². The van der Waals surface area contributed by atoms with Crippen molar-refractivity contribution in [3.8, 4) is 0 Å². The minimum absolute atomic E-state index is 0.189. The Balaban J connectivity index is 1.97. The fraction of sp³-hybridized carbons (Fsp3) is 0.250. The Labute approximate surface area is 128 Å². The van der Waals surface area contributed by atoms with E-state index in [1.807, 2.05) is 0 Å². The van der Waals surface area contributed by atoms with Crippen molar-refractivity contribution < 1.29 is 13.9 Å². The largest absolute Gasteiger partial charge is 0.385 e. The molecular weight excluding hydrogens is 285 g/mol. The first-order valence-electron chi connectivity index (χ1n) is 6.94. The van der Waals surface area contributed by atoms with E-state index in [0.717, 1.165) is 12.1 Å². The second kappa shape index (κ2) is 8.09. The van der Waals surface area contributed by atoms with Gasteiger partial charge in [-0.2, -0.15) is 0 Å². The number of pyridine rings is 1. The van der Waals surface area contributed by atoms with Crippen molar-refractivity contribution in [2.45, 2.75) is 6.42 Å². The van der Waals surface area contributed by atoms with Crippen LogP contribution in [-0.2, 0) is 4.74 Å². The highest BCUT2D eigenvalue weighted by atomic mass is 19.1. The fourth-order valence-corrected chi connectivity index (χ4v) is 1.85. The van der Waals surface area contributed by atoms with Crippen molar-refractivity contribution >= 4 is 17.3 Å². The van der Waals surface area contributed by atoms with E-state index in [0.29, 0.717) is 24.4 Å². The van der Waals surface area contributed by atoms with Crippen LogP contribution in [0.1, 0.15) is 16.8 Å². The lowest BCUT2D eigenvalue weighted by Crippen LogP contribution is -2.25. The summed E-state index contributed by atoms with van der Waals surface area (Å²) in [7, 11) is 1.62. The molecule has 116 valence electrons. The van der Waals surface area contributed by atoms with Gasteiger partial charge in [0.15, 0.2) is 0 Å². The third kappa shape index (κ3) is 4.82. The molecular formula is C16H18FN3O2. The molecule has 0 unspecified atom stereocenters. The summed E-state index contributed by atoms with van der Waals surface area (Å²) in [5.41, 5.74) is 1.85. The number of nitrogens with one attached hydrogen (secondary N) is 2. The van der Waals surface area contributed by atoms with E-state index < -0.39 is 0 Å². The number of ether oxygens (including phenoxy) is 1. The lowest BCUT2D eigenvalue weighted by Gasteiger charge is -2.08. The lowest BCUT2D eigenvalue weighted by molar-refractivity contribution is 0.0948. The molecule has 0 aliphatic heterocycles. The van der Waals surface area contributed by atoms with E-state index in [2.05, 4.69) is 15.6 Å². The highest BCUT2D eigenvalue weighted by molar-refractivity contribution is 5.94. The van der Waals surface area contributed by atoms with Crippen LogP contribution in [0.15, 0.2) is 42.7 Å². The number of carbonyl (C=O) groups excluding carboxylic acids is 1. The van der Waals surface area contributed by atoms with Gasteiger partial charge in [-0.15, -0.1) is 0 Å². The molecule has 0 saturated carbocycles. The van der Waals surface area contributed by atoms with Crippen LogP contribution < -0.4 is 10.6 Å². The number of amides is 1. The summed E-state index contributed by atoms with van der Waals surface area (Å²) >= 11 is 0. The zero-order valence-corrected chi connectivity index (χ0v) is 12.3. The van der Waals surface area contributed by atoms with Crippen LogP contribution in [0, 0.1) is 5.82 Å². The highest BCUT2D eigenvalue weighted by Crippen LogP contribution is 2.17. The Bertz CT molecular complexity index is 617. The summed E-state index contributed by atoms with van der Waals surface area (Å²) in [5, 5.41) is 5.87. The molecule has 1 heterocycles. The zero-order valence-electron chi connectivity index (χ0n) is 12.3. The second-order valence-corrected chi connectivity index (χ2v) is 4.70. The standard InChI is InChI=1S/C16H18FN3O2/c1-22-8-2-7-19-16(21)12-9-15(11-18-10-12)20-14-5-3-13(17)4-6-14/h3-6,9-11,20H,2,7-8H2,1H3,(H,19,21). The van der Waals surface area contributed by atoms with Gasteiger partial charge in [-0.05, 0) is 36.8 Å². The molecule has 0 aliphatic carbocycles. The van der Waals surface area contributed by atoms with Gasteiger partial charge in [0, 0.05) is 32.1 Å². The molecule has 2 aromatic rings. The number of benzene rings is 1. The van der Waals surface area contributed by atoms with Gasteiger partial charge in [0.25, 0.3) is 5.91 Å². The molecule has 0 fully saturated rings. The summed E-state index contributed by atoms with van der Waals surface area (Å²) in [5.74, 6) is -0.487. The molecule has 1 aromatic carbocycles. The molecule has 6 heteroatoms. The van der Waals surface area contributed by atoms with Gasteiger partial charge in [-0.25, -0.2) is 4.39 Å². The number of hydrogen-bond acceptors (Lipinski definition) is 4. The molecule has 0 radical (unpaired) electrons. The van der Waals surface area contributed by atoms with Crippen molar-refractivity contribution in [1.82, 2.24) is 10.3 Å². The zero-order chi connectivity index (χ0) is 15.8. The first-order chi connectivity index (χ1) is 10.7. The molecule has 2 rings (SSSR count). The average Bonchev–Trinajstić information content (AvgIpc) is 2.54. The number of nitrogens with zero attached hydrogens (tertiary/aromatic N) is 1. The quantitative estimate of drug-likeness (QED) is 0.772. The number of anilines is 2. The topological polar surface area (TPSA) is 63.2 Å². The summed E-state index contributed by atoms with van der Waals surface area (Å²) in [6.07, 6.45) is 3.86. The minimum atomic E-state index is -0.298. The van der Waals surface area contributed by atoms with Gasteiger partial charge >= 0.3 is 0 Å². The molecule has 1 amide bonds. The summed E-state index contributed by atoms with van der Waals surface area (Å²) in [4.78, 5) is 16.0. The van der Waals surface area contributed by atoms with Crippen molar-refractivity contribution in [2.24, 2.45) is 0 Å². The Morgan fingerprint density at radius 3 is 2.73 bits per heavy atom. The molecule has 5 nitrogen and oxygen atoms in total. The maximum atomic E-state index is 12.9. The normalized spacial score (nSPS) is 10.3. The van der Waals surface area contributed by atoms with E-state index in [1.165, 1.54) is 18.3 Å². The Kier molecular flexibility index (Phi) is 5.85. The van der Waals surface area contributed by atoms with Gasteiger partial charge in [-0.3, -0.25) is 9.78 Å². The second-order valence-electron chi connectivity index (χ2n) is 4.70. The van der Waals surface area contributed by atoms with Gasteiger partial charge in [0.1, 0.15) is 5.82 Å². The van der Waals surface area contributed by atoms with E-state index in [9.17, 15) is 9.18 Å². The maximum Gasteiger partial charge on any atom is 0.252 e. The Morgan fingerprint density at radius 2 is 2.00 bits per heavy atom. The molecule has 0 aliphatic rings. The van der Waals surface area contributed by atoms with Crippen molar-refractivity contribution in [2.75, 3.05) is 25.6 Å². The van der Waals surface area contributed by atoms with Crippen LogP contribution in [0.3, 0.4) is 0 Å². The van der Waals surface area contributed by atoms with Crippen molar-refractivity contribution in [1.29, 1.82) is 0 Å². The number of halogens is 1. The number of aromatic nitrogens is 1. The molecule has 0 saturated heterocycles. The molecule has 2 N–H and O–H groups in total. The van der Waals surface area contributed by atoms with Crippen LogP contribution in [0.25, 0.3) is 0 Å². The first kappa shape index (κ1) is 15.9. The SMILES string of the molecule is COCCCNC(=O)c1cncc(Nc2ccc(F)cc2)c1. The van der Waals surface area contributed by atoms with Gasteiger partial charge in [-0.1, -0.05) is 0 Å². The molecule has 0 atom stereocenters. The molecule has 0 spiro atoms. The van der Waals surface area contributed by atoms with Crippen LogP contribution in [0.2, 0.25) is 0 Å². The monoisotopic (exact) mass is 303 g/mol. The highest BCUT2D eigenvalue weighted by Gasteiger charge is 2.06. The number of hydrogen-bond donors (Lipinski definition) is 2. The van der Waals surface area contributed by atoms with E-state index in [4.69, 9.17) is 4.74 Å². The van der Waals surface area contributed by atoms with Gasteiger partial charge in [0.05, 0.1) is 17.4 Å². The first-order valence-corrected chi connectivity index (χ1v) is 6.94. The number of methoxy groups -OCH3 is 1.